The van der Waals surface area contributed by atoms with E-state index in [-0.39, 0.29) is 0 Å². The van der Waals surface area contributed by atoms with Crippen LogP contribution in [-0.2, 0) is 0 Å². The van der Waals surface area contributed by atoms with E-state index in [1.807, 2.05) is 23.6 Å². The number of anilines is 1. The van der Waals surface area contributed by atoms with Crippen molar-refractivity contribution in [3.63, 3.8) is 0 Å². The van der Waals surface area contributed by atoms with Gasteiger partial charge in [-0.15, -0.1) is 22.7 Å². The Hall–Kier alpha value is -1.61. The van der Waals surface area contributed by atoms with Crippen LogP contribution in [-0.4, -0.2) is 0 Å². The average molecular weight is 375 g/mol. The van der Waals surface area contributed by atoms with Crippen molar-refractivity contribution in [2.45, 2.75) is 6.92 Å². The second-order valence-corrected chi connectivity index (χ2v) is 7.48. The molecule has 3 aromatic rings. The minimum atomic E-state index is 0.579. The summed E-state index contributed by atoms with van der Waals surface area (Å²) >= 11 is 6.59. The molecule has 0 amide bonds. The van der Waals surface area contributed by atoms with Gasteiger partial charge in [0.15, 0.2) is 0 Å². The molecule has 104 valence electrons. The number of halogens is 1. The summed E-state index contributed by atoms with van der Waals surface area (Å²) in [6.45, 7) is 2.07. The fourth-order valence-electron chi connectivity index (χ4n) is 2.26. The topological polar surface area (TPSA) is 49.8 Å². The molecular formula is C16H11BrN2S2. The van der Waals surface area contributed by atoms with Crippen molar-refractivity contribution in [1.29, 1.82) is 5.26 Å². The Morgan fingerprint density at radius 3 is 2.71 bits per heavy atom. The van der Waals surface area contributed by atoms with Crippen molar-refractivity contribution in [3.05, 3.63) is 50.6 Å². The van der Waals surface area contributed by atoms with Crippen molar-refractivity contribution < 1.29 is 0 Å². The van der Waals surface area contributed by atoms with Gasteiger partial charge in [0.05, 0.1) is 5.69 Å². The molecule has 2 N–H and O–H groups in total. The van der Waals surface area contributed by atoms with Gasteiger partial charge in [-0.1, -0.05) is 28.1 Å². The van der Waals surface area contributed by atoms with E-state index in [0.29, 0.717) is 10.6 Å². The number of hydrogen-bond donors (Lipinski definition) is 1. The molecule has 21 heavy (non-hydrogen) atoms. The van der Waals surface area contributed by atoms with Gasteiger partial charge in [0.2, 0.25) is 0 Å². The second-order valence-electron chi connectivity index (χ2n) is 4.60. The van der Waals surface area contributed by atoms with E-state index >= 15 is 0 Å². The van der Waals surface area contributed by atoms with Crippen molar-refractivity contribution in [3.8, 4) is 27.0 Å². The summed E-state index contributed by atoms with van der Waals surface area (Å²) in [4.78, 5) is 2.75. The number of benzene rings is 1. The maximum absolute atomic E-state index is 9.29. The van der Waals surface area contributed by atoms with Crippen LogP contribution in [0.1, 0.15) is 10.4 Å². The quantitative estimate of drug-likeness (QED) is 0.628. The third-order valence-corrected chi connectivity index (χ3v) is 5.77. The Morgan fingerprint density at radius 2 is 2.10 bits per heavy atom. The van der Waals surface area contributed by atoms with Gasteiger partial charge in [-0.2, -0.15) is 5.26 Å². The largest absolute Gasteiger partial charge is 0.396 e. The molecule has 2 heterocycles. The minimum Gasteiger partial charge on any atom is -0.396 e. The summed E-state index contributed by atoms with van der Waals surface area (Å²) in [6, 6.07) is 12.4. The predicted octanol–water partition coefficient (Wildman–Crippen LogP) is 5.67. The number of hydrogen-bond acceptors (Lipinski definition) is 4. The third-order valence-electron chi connectivity index (χ3n) is 3.25. The smallest absolute Gasteiger partial charge is 0.129 e. The number of aryl methyl sites for hydroxylation is 1. The minimum absolute atomic E-state index is 0.579. The van der Waals surface area contributed by atoms with E-state index in [1.54, 1.807) is 11.3 Å². The number of nitrogens with two attached hydrogens (primary N) is 1. The fourth-order valence-corrected chi connectivity index (χ4v) is 4.72. The number of rotatable bonds is 2. The van der Waals surface area contributed by atoms with E-state index in [1.165, 1.54) is 11.3 Å². The zero-order valence-electron chi connectivity index (χ0n) is 11.2. The first-order valence-corrected chi connectivity index (χ1v) is 8.73. The molecule has 0 radical (unpaired) electrons. The molecule has 0 saturated heterocycles. The average Bonchev–Trinajstić information content (AvgIpc) is 3.06. The molecule has 0 spiro atoms. The lowest BCUT2D eigenvalue weighted by Gasteiger charge is -2.07. The molecule has 0 unspecified atom stereocenters. The highest BCUT2D eigenvalue weighted by Crippen LogP contribution is 2.47. The SMILES string of the molecule is Cc1cc(Br)ccc1-c1sc(C#N)c(N)c1-c1cccs1. The molecule has 0 aliphatic carbocycles. The van der Waals surface area contributed by atoms with Gasteiger partial charge in [-0.3, -0.25) is 0 Å². The molecule has 2 nitrogen and oxygen atoms in total. The van der Waals surface area contributed by atoms with Gasteiger partial charge >= 0.3 is 0 Å². The van der Waals surface area contributed by atoms with Crippen LogP contribution in [0.15, 0.2) is 40.2 Å². The summed E-state index contributed by atoms with van der Waals surface area (Å²) in [5.41, 5.74) is 10.1. The second kappa shape index (κ2) is 5.64. The van der Waals surface area contributed by atoms with Gasteiger partial charge in [-0.05, 0) is 41.6 Å². The predicted molar refractivity (Wildman–Crippen MR) is 94.6 cm³/mol. The Bertz CT molecular complexity index is 842. The van der Waals surface area contributed by atoms with Crippen molar-refractivity contribution >= 4 is 44.3 Å². The number of thiophene rings is 2. The van der Waals surface area contributed by atoms with Crippen LogP contribution < -0.4 is 5.73 Å². The lowest BCUT2D eigenvalue weighted by molar-refractivity contribution is 1.46. The van der Waals surface area contributed by atoms with Crippen LogP contribution >= 0.6 is 38.6 Å². The highest BCUT2D eigenvalue weighted by atomic mass is 79.9. The van der Waals surface area contributed by atoms with Crippen LogP contribution in [0.3, 0.4) is 0 Å². The maximum atomic E-state index is 9.29. The number of nitriles is 1. The van der Waals surface area contributed by atoms with Crippen LogP contribution in [0.5, 0.6) is 0 Å². The molecule has 3 rings (SSSR count). The number of nitrogen functional groups attached to an aromatic ring is 1. The normalized spacial score (nSPS) is 10.5. The first-order chi connectivity index (χ1) is 10.1. The molecule has 0 atom stereocenters. The van der Waals surface area contributed by atoms with Gasteiger partial charge < -0.3 is 5.73 Å². The molecule has 0 fully saturated rings. The van der Waals surface area contributed by atoms with Crippen molar-refractivity contribution in [1.82, 2.24) is 0 Å². The van der Waals surface area contributed by atoms with Crippen molar-refractivity contribution in [2.75, 3.05) is 5.73 Å². The van der Waals surface area contributed by atoms with Gasteiger partial charge in [0.25, 0.3) is 0 Å². The highest BCUT2D eigenvalue weighted by molar-refractivity contribution is 9.10. The Labute approximate surface area is 139 Å². The lowest BCUT2D eigenvalue weighted by atomic mass is 10.0. The molecule has 5 heteroatoms. The van der Waals surface area contributed by atoms with Gasteiger partial charge in [0, 0.05) is 19.8 Å². The summed E-state index contributed by atoms with van der Waals surface area (Å²) in [5.74, 6) is 0. The van der Waals surface area contributed by atoms with E-state index in [0.717, 1.165) is 30.9 Å². The summed E-state index contributed by atoms with van der Waals surface area (Å²) in [5, 5.41) is 11.3. The fraction of sp³-hybridized carbons (Fsp3) is 0.0625. The molecule has 0 bridgehead atoms. The molecule has 0 saturated carbocycles. The van der Waals surface area contributed by atoms with E-state index in [2.05, 4.69) is 41.1 Å². The third kappa shape index (κ3) is 2.51. The van der Waals surface area contributed by atoms with Crippen LogP contribution in [0.2, 0.25) is 0 Å². The van der Waals surface area contributed by atoms with E-state index in [4.69, 9.17) is 5.73 Å². The van der Waals surface area contributed by atoms with Crippen LogP contribution in [0, 0.1) is 18.3 Å². The first kappa shape index (κ1) is 14.3. The lowest BCUT2D eigenvalue weighted by Crippen LogP contribution is -1.88. The standard InChI is InChI=1S/C16H11BrN2S2/c1-9-7-10(17)4-5-11(9)16-14(12-3-2-6-20-12)15(19)13(8-18)21-16/h2-7H,19H2,1H3. The van der Waals surface area contributed by atoms with Gasteiger partial charge in [0.1, 0.15) is 10.9 Å². The molecule has 0 aliphatic rings. The van der Waals surface area contributed by atoms with Crippen LogP contribution in [0.25, 0.3) is 20.9 Å². The maximum Gasteiger partial charge on any atom is 0.129 e. The zero-order chi connectivity index (χ0) is 15.0. The van der Waals surface area contributed by atoms with Crippen molar-refractivity contribution in [2.24, 2.45) is 0 Å². The van der Waals surface area contributed by atoms with E-state index in [9.17, 15) is 5.26 Å². The van der Waals surface area contributed by atoms with Gasteiger partial charge in [-0.25, -0.2) is 0 Å². The van der Waals surface area contributed by atoms with E-state index < -0.39 is 0 Å². The molecule has 1 aromatic carbocycles. The molecule has 0 aliphatic heterocycles. The first-order valence-electron chi connectivity index (χ1n) is 6.24. The summed E-state index contributed by atoms with van der Waals surface area (Å²) < 4.78 is 1.05. The zero-order valence-corrected chi connectivity index (χ0v) is 14.4. The molecule has 2 aromatic heterocycles. The monoisotopic (exact) mass is 374 g/mol. The summed E-state index contributed by atoms with van der Waals surface area (Å²) in [6.07, 6.45) is 0. The Morgan fingerprint density at radius 1 is 1.29 bits per heavy atom. The highest BCUT2D eigenvalue weighted by Gasteiger charge is 2.20. The van der Waals surface area contributed by atoms with Crippen LogP contribution in [0.4, 0.5) is 5.69 Å². The molecular weight excluding hydrogens is 364 g/mol. The Balaban J connectivity index is 2.30. The summed E-state index contributed by atoms with van der Waals surface area (Å²) in [7, 11) is 0. The Kier molecular flexibility index (Phi) is 3.85. The number of nitrogens with zero attached hydrogens (tertiary/aromatic N) is 1.